The van der Waals surface area contributed by atoms with Crippen LogP contribution in [0.2, 0.25) is 0 Å². The van der Waals surface area contributed by atoms with Gasteiger partial charge >= 0.3 is 0 Å². The van der Waals surface area contributed by atoms with Gasteiger partial charge in [0, 0.05) is 6.54 Å². The van der Waals surface area contributed by atoms with Gasteiger partial charge in [-0.15, -0.1) is 0 Å². The highest BCUT2D eigenvalue weighted by atomic mass is 16.3. The van der Waals surface area contributed by atoms with Gasteiger partial charge in [-0.05, 0) is 81.7 Å². The molecule has 0 aromatic heterocycles. The molecule has 0 aromatic rings. The number of likely N-dealkylation sites (N-methyl/N-ethyl adjacent to an activating group) is 1. The first-order valence-electron chi connectivity index (χ1n) is 7.98. The van der Waals surface area contributed by atoms with Crippen LogP contribution in [0.4, 0.5) is 0 Å². The zero-order chi connectivity index (χ0) is 12.8. The van der Waals surface area contributed by atoms with Gasteiger partial charge in [-0.1, -0.05) is 6.92 Å². The van der Waals surface area contributed by atoms with Crippen molar-refractivity contribution in [1.82, 2.24) is 4.90 Å². The molecule has 4 aliphatic rings. The first-order chi connectivity index (χ1) is 8.61. The van der Waals surface area contributed by atoms with Crippen LogP contribution in [0.25, 0.3) is 0 Å². The minimum Gasteiger partial charge on any atom is -0.391 e. The lowest BCUT2D eigenvalue weighted by molar-refractivity contribution is -0.125. The highest BCUT2D eigenvalue weighted by Crippen LogP contribution is 2.61. The average molecular weight is 251 g/mol. The van der Waals surface area contributed by atoms with Gasteiger partial charge in [-0.2, -0.15) is 0 Å². The van der Waals surface area contributed by atoms with E-state index in [9.17, 15) is 5.11 Å². The van der Waals surface area contributed by atoms with Crippen LogP contribution < -0.4 is 0 Å². The van der Waals surface area contributed by atoms with Crippen molar-refractivity contribution in [2.45, 2.75) is 58.0 Å². The highest BCUT2D eigenvalue weighted by Gasteiger charge is 2.53. The van der Waals surface area contributed by atoms with Crippen LogP contribution in [-0.4, -0.2) is 36.2 Å². The molecule has 0 amide bonds. The molecule has 1 N–H and O–H groups in total. The smallest absolute Gasteiger partial charge is 0.0723 e. The summed E-state index contributed by atoms with van der Waals surface area (Å²) in [5.41, 5.74) is 0.302. The first kappa shape index (κ1) is 12.9. The summed E-state index contributed by atoms with van der Waals surface area (Å²) in [7, 11) is 2.16. The third-order valence-corrected chi connectivity index (χ3v) is 5.88. The van der Waals surface area contributed by atoms with Gasteiger partial charge in [0.05, 0.1) is 6.10 Å². The third-order valence-electron chi connectivity index (χ3n) is 5.88. The topological polar surface area (TPSA) is 23.5 Å². The summed E-state index contributed by atoms with van der Waals surface area (Å²) in [6.45, 7) is 4.22. The third kappa shape index (κ3) is 2.22. The van der Waals surface area contributed by atoms with Gasteiger partial charge in [-0.3, -0.25) is 0 Å². The molecule has 0 aromatic carbocycles. The minimum absolute atomic E-state index is 0.0811. The molecule has 4 saturated carbocycles. The predicted molar refractivity (Wildman–Crippen MR) is 74.4 cm³/mol. The molecule has 1 atom stereocenters. The molecule has 0 heterocycles. The van der Waals surface area contributed by atoms with Crippen molar-refractivity contribution in [3.8, 4) is 0 Å². The van der Waals surface area contributed by atoms with Gasteiger partial charge < -0.3 is 10.0 Å². The molecule has 0 spiro atoms. The Morgan fingerprint density at radius 3 is 2.06 bits per heavy atom. The molecule has 1 unspecified atom stereocenters. The number of nitrogens with zero attached hydrogens (tertiary/aromatic N) is 1. The molecule has 2 heteroatoms. The number of aliphatic hydroxyl groups excluding tert-OH is 1. The van der Waals surface area contributed by atoms with Crippen molar-refractivity contribution >= 4 is 0 Å². The van der Waals surface area contributed by atoms with E-state index in [-0.39, 0.29) is 6.10 Å². The normalized spacial score (nSPS) is 43.7. The molecule has 4 rings (SSSR count). The van der Waals surface area contributed by atoms with Crippen LogP contribution in [0.3, 0.4) is 0 Å². The Kier molecular flexibility index (Phi) is 3.44. The molecule has 0 saturated heterocycles. The molecule has 4 fully saturated rings. The summed E-state index contributed by atoms with van der Waals surface area (Å²) in [5, 5.41) is 10.8. The van der Waals surface area contributed by atoms with Crippen molar-refractivity contribution < 1.29 is 5.11 Å². The quantitative estimate of drug-likeness (QED) is 0.812. The second-order valence-electron chi connectivity index (χ2n) is 7.56. The average Bonchev–Trinajstić information content (AvgIpc) is 2.27. The molecule has 104 valence electrons. The van der Waals surface area contributed by atoms with E-state index in [0.29, 0.717) is 5.41 Å². The van der Waals surface area contributed by atoms with Gasteiger partial charge in [0.15, 0.2) is 0 Å². The van der Waals surface area contributed by atoms with Crippen LogP contribution in [0.5, 0.6) is 0 Å². The maximum absolute atomic E-state index is 10.8. The van der Waals surface area contributed by atoms with E-state index in [1.807, 2.05) is 0 Å². The molecule has 18 heavy (non-hydrogen) atoms. The molecule has 0 radical (unpaired) electrons. The maximum Gasteiger partial charge on any atom is 0.0723 e. The Bertz CT molecular complexity index is 266. The van der Waals surface area contributed by atoms with E-state index in [2.05, 4.69) is 18.9 Å². The van der Waals surface area contributed by atoms with Crippen molar-refractivity contribution in [1.29, 1.82) is 0 Å². The number of hydrogen-bond acceptors (Lipinski definition) is 2. The van der Waals surface area contributed by atoms with Crippen molar-refractivity contribution in [3.05, 3.63) is 0 Å². The number of aliphatic hydroxyl groups is 1. The van der Waals surface area contributed by atoms with Crippen LogP contribution in [0, 0.1) is 23.2 Å². The van der Waals surface area contributed by atoms with E-state index in [1.54, 1.807) is 0 Å². The van der Waals surface area contributed by atoms with Crippen LogP contribution in [0.15, 0.2) is 0 Å². The second kappa shape index (κ2) is 4.79. The molecular formula is C16H29NO. The summed E-state index contributed by atoms with van der Waals surface area (Å²) < 4.78 is 0. The Morgan fingerprint density at radius 1 is 1.11 bits per heavy atom. The molecule has 0 aliphatic heterocycles. The molecule has 2 nitrogen and oxygen atoms in total. The Balaban J connectivity index is 1.67. The lowest BCUT2D eigenvalue weighted by atomic mass is 9.48. The highest BCUT2D eigenvalue weighted by molar-refractivity contribution is 5.04. The second-order valence-corrected chi connectivity index (χ2v) is 7.56. The fraction of sp³-hybridized carbons (Fsp3) is 1.00. The molecule has 4 bridgehead atoms. The molecule has 4 aliphatic carbocycles. The zero-order valence-corrected chi connectivity index (χ0v) is 12.1. The largest absolute Gasteiger partial charge is 0.391 e. The van der Waals surface area contributed by atoms with E-state index >= 15 is 0 Å². The molecular weight excluding hydrogens is 222 g/mol. The van der Waals surface area contributed by atoms with Crippen molar-refractivity contribution in [3.63, 3.8) is 0 Å². The van der Waals surface area contributed by atoms with Crippen LogP contribution >= 0.6 is 0 Å². The predicted octanol–water partition coefficient (Wildman–Crippen LogP) is 2.91. The fourth-order valence-electron chi connectivity index (χ4n) is 5.55. The van der Waals surface area contributed by atoms with Crippen molar-refractivity contribution in [2.24, 2.45) is 23.2 Å². The minimum atomic E-state index is -0.0811. The van der Waals surface area contributed by atoms with Crippen LogP contribution in [0.1, 0.15) is 51.9 Å². The summed E-state index contributed by atoms with van der Waals surface area (Å²) >= 11 is 0. The van der Waals surface area contributed by atoms with Gasteiger partial charge in [-0.25, -0.2) is 0 Å². The number of hydrogen-bond donors (Lipinski definition) is 1. The Morgan fingerprint density at radius 2 is 1.61 bits per heavy atom. The fourth-order valence-corrected chi connectivity index (χ4v) is 5.55. The summed E-state index contributed by atoms with van der Waals surface area (Å²) in [6.07, 6.45) is 9.47. The summed E-state index contributed by atoms with van der Waals surface area (Å²) in [5.74, 6) is 2.84. The number of rotatable bonds is 5. The Hall–Kier alpha value is -0.0800. The van der Waals surface area contributed by atoms with Gasteiger partial charge in [0.1, 0.15) is 0 Å². The van der Waals surface area contributed by atoms with Gasteiger partial charge in [0.2, 0.25) is 0 Å². The Labute approximate surface area is 112 Å². The summed E-state index contributed by atoms with van der Waals surface area (Å²) in [6, 6.07) is 0. The maximum atomic E-state index is 10.8. The SMILES string of the molecule is CCCN(C)CC(O)C12CC3CC(CC(C3)C1)C2. The lowest BCUT2D eigenvalue weighted by Crippen LogP contribution is -2.54. The van der Waals surface area contributed by atoms with Crippen LogP contribution in [-0.2, 0) is 0 Å². The van der Waals surface area contributed by atoms with E-state index in [1.165, 1.54) is 44.9 Å². The van der Waals surface area contributed by atoms with E-state index in [0.717, 1.165) is 30.8 Å². The summed E-state index contributed by atoms with van der Waals surface area (Å²) in [4.78, 5) is 2.32. The van der Waals surface area contributed by atoms with E-state index in [4.69, 9.17) is 0 Å². The van der Waals surface area contributed by atoms with Crippen molar-refractivity contribution in [2.75, 3.05) is 20.1 Å². The lowest BCUT2D eigenvalue weighted by Gasteiger charge is -2.58. The van der Waals surface area contributed by atoms with E-state index < -0.39 is 0 Å². The monoisotopic (exact) mass is 251 g/mol. The standard InChI is InChI=1S/C16H29NO/c1-3-4-17(2)11-15(18)16-8-12-5-13(9-16)7-14(6-12)10-16/h12-15,18H,3-11H2,1-2H3. The first-order valence-corrected chi connectivity index (χ1v) is 7.98. The zero-order valence-electron chi connectivity index (χ0n) is 12.1. The van der Waals surface area contributed by atoms with Gasteiger partial charge in [0.25, 0.3) is 0 Å².